The molecule has 414 valence electrons. The second-order valence-electron chi connectivity index (χ2n) is 22.6. The molecule has 12 rings (SSSR count). The van der Waals surface area contributed by atoms with Gasteiger partial charge in [-0.1, -0.05) is 18.1 Å². The number of phenolic OH excluding ortho intramolecular Hbond substituents is 1. The minimum Gasteiger partial charge on any atom is -0.508 e. The Labute approximate surface area is 452 Å². The predicted octanol–water partition coefficient (Wildman–Crippen LogP) is 7.78. The molecule has 17 nitrogen and oxygen atoms in total. The first-order chi connectivity index (χ1) is 38.1. The molecule has 0 spiro atoms. The highest BCUT2D eigenvalue weighted by Gasteiger charge is 2.50. The maximum absolute atomic E-state index is 17.1. The number of ether oxygens (including phenoxy) is 2. The van der Waals surface area contributed by atoms with E-state index in [1.54, 1.807) is 16.5 Å². The minimum absolute atomic E-state index is 0.0218. The zero-order valence-electron chi connectivity index (χ0n) is 44.0. The summed E-state index contributed by atoms with van der Waals surface area (Å²) in [6.07, 6.45) is 13.9. The van der Waals surface area contributed by atoms with Gasteiger partial charge in [-0.15, -0.1) is 6.42 Å². The molecule has 3 amide bonds. The average molecular weight is 1090 g/mol. The van der Waals surface area contributed by atoms with Crippen molar-refractivity contribution in [2.75, 3.05) is 70.5 Å². The van der Waals surface area contributed by atoms with Crippen molar-refractivity contribution in [2.45, 2.75) is 107 Å². The summed E-state index contributed by atoms with van der Waals surface area (Å²) < 4.78 is 77.6. The number of carbonyl (C=O) groups excluding carboxylic acids is 3. The van der Waals surface area contributed by atoms with Gasteiger partial charge in [-0.3, -0.25) is 33.9 Å². The molecule has 79 heavy (non-hydrogen) atoms. The molecule has 9 heterocycles. The lowest BCUT2D eigenvalue weighted by atomic mass is 9.88. The van der Waals surface area contributed by atoms with E-state index in [1.165, 1.54) is 39.4 Å². The zero-order chi connectivity index (χ0) is 54.9. The molecule has 3 atom stereocenters. The fourth-order valence-electron chi connectivity index (χ4n) is 13.6. The van der Waals surface area contributed by atoms with E-state index in [0.29, 0.717) is 42.2 Å². The number of anilines is 1. The number of nitrogens with zero attached hydrogens (tertiary/aromatic N) is 9. The lowest BCUT2D eigenvalue weighted by molar-refractivity contribution is -0.135. The summed E-state index contributed by atoms with van der Waals surface area (Å²) in [6, 6.07) is 10.3. The fraction of sp³-hybridized carbons (Fsp3) is 0.500. The number of fused-ring (bicyclic) bond motifs is 4. The van der Waals surface area contributed by atoms with Gasteiger partial charge in [-0.2, -0.15) is 9.97 Å². The molecule has 6 fully saturated rings. The lowest BCUT2D eigenvalue weighted by Crippen LogP contribution is -2.48. The number of aromatic hydroxyl groups is 1. The Hall–Kier alpha value is -7.31. The van der Waals surface area contributed by atoms with E-state index < -0.39 is 41.6 Å². The van der Waals surface area contributed by atoms with Crippen LogP contribution in [0.25, 0.3) is 44.0 Å². The van der Waals surface area contributed by atoms with Crippen molar-refractivity contribution in [3.8, 4) is 35.4 Å². The summed E-state index contributed by atoms with van der Waals surface area (Å²) in [5, 5.41) is 13.6. The maximum atomic E-state index is 17.1. The molecule has 21 heteroatoms. The van der Waals surface area contributed by atoms with E-state index in [0.717, 1.165) is 89.1 Å². The SMILES string of the molecule is C#Cc1c(F)ccc2cc(O)cc(-c3ncc4c(N5CCCC(F)(F)C5)nc(OC[C@]56CCCN5[C@H](COC(=O)N5CCC(CN7CCC(c8ccc9c(c8)n(C)c(=O)n9C8CCC(=O)NC8=O)CC7)CC5)CC6)nc4c3F)c12. The molecule has 6 aromatic rings. The number of terminal acetylenes is 1. The number of carbonyl (C=O) groups is 3. The number of aryl methyl sites for hydroxylation is 1. The molecule has 3 aromatic heterocycles. The number of amides is 3. The Morgan fingerprint density at radius 1 is 0.911 bits per heavy atom. The van der Waals surface area contributed by atoms with E-state index >= 15 is 8.78 Å². The summed E-state index contributed by atoms with van der Waals surface area (Å²) in [5.74, 6) is -2.53. The summed E-state index contributed by atoms with van der Waals surface area (Å²) >= 11 is 0. The Balaban J connectivity index is 0.664. The Bertz CT molecular complexity index is 3530. The van der Waals surface area contributed by atoms with Crippen LogP contribution in [0.4, 0.5) is 28.2 Å². The number of imide groups is 1. The fourth-order valence-corrected chi connectivity index (χ4v) is 13.6. The third-order valence-corrected chi connectivity index (χ3v) is 17.8. The Morgan fingerprint density at radius 2 is 1.71 bits per heavy atom. The highest BCUT2D eigenvalue weighted by Crippen LogP contribution is 2.44. The van der Waals surface area contributed by atoms with Crippen LogP contribution in [0.15, 0.2) is 53.5 Å². The van der Waals surface area contributed by atoms with Crippen molar-refractivity contribution in [3.63, 3.8) is 0 Å². The highest BCUT2D eigenvalue weighted by molar-refractivity contribution is 6.03. The molecule has 3 aromatic carbocycles. The van der Waals surface area contributed by atoms with Crippen LogP contribution in [-0.4, -0.2) is 145 Å². The molecular weight excluding hydrogens is 1020 g/mol. The van der Waals surface area contributed by atoms with Gasteiger partial charge in [0.05, 0.1) is 34.1 Å². The minimum atomic E-state index is -3.02. The summed E-state index contributed by atoms with van der Waals surface area (Å²) in [6.45, 7) is 4.71. The monoisotopic (exact) mass is 1090 g/mol. The van der Waals surface area contributed by atoms with E-state index in [4.69, 9.17) is 15.9 Å². The number of nitrogens with one attached hydrogen (secondary N) is 1. The molecule has 0 aliphatic carbocycles. The first-order valence-corrected chi connectivity index (χ1v) is 27.6. The van der Waals surface area contributed by atoms with E-state index in [-0.39, 0.29) is 113 Å². The molecule has 0 radical (unpaired) electrons. The Morgan fingerprint density at radius 3 is 2.48 bits per heavy atom. The van der Waals surface area contributed by atoms with Gasteiger partial charge in [-0.05, 0) is 137 Å². The number of phenols is 1. The van der Waals surface area contributed by atoms with Crippen molar-refractivity contribution in [1.29, 1.82) is 0 Å². The molecule has 0 saturated carbocycles. The van der Waals surface area contributed by atoms with E-state index in [1.807, 2.05) is 6.07 Å². The van der Waals surface area contributed by atoms with Crippen LogP contribution >= 0.6 is 0 Å². The smallest absolute Gasteiger partial charge is 0.409 e. The largest absolute Gasteiger partial charge is 0.508 e. The van der Waals surface area contributed by atoms with Crippen LogP contribution in [0.5, 0.6) is 11.8 Å². The Kier molecular flexibility index (Phi) is 13.7. The first kappa shape index (κ1) is 52.4. The lowest BCUT2D eigenvalue weighted by Gasteiger charge is -2.38. The van der Waals surface area contributed by atoms with Gasteiger partial charge in [0, 0.05) is 69.3 Å². The molecule has 1 unspecified atom stereocenters. The van der Waals surface area contributed by atoms with Crippen molar-refractivity contribution < 1.29 is 46.5 Å². The molecule has 6 aliphatic rings. The number of rotatable bonds is 11. The molecule has 2 N–H and O–H groups in total. The van der Waals surface area contributed by atoms with Crippen molar-refractivity contribution in [3.05, 3.63) is 81.9 Å². The van der Waals surface area contributed by atoms with Crippen LogP contribution in [-0.2, 0) is 21.4 Å². The zero-order valence-corrected chi connectivity index (χ0v) is 44.0. The number of hydrogen-bond acceptors (Lipinski definition) is 13. The van der Waals surface area contributed by atoms with Crippen molar-refractivity contribution in [1.82, 2.24) is 44.1 Å². The number of pyridine rings is 1. The molecule has 6 aliphatic heterocycles. The molecule has 6 saturated heterocycles. The third kappa shape index (κ3) is 9.78. The van der Waals surface area contributed by atoms with Gasteiger partial charge in [0.1, 0.15) is 47.9 Å². The van der Waals surface area contributed by atoms with Gasteiger partial charge in [0.2, 0.25) is 11.8 Å². The number of benzene rings is 3. The topological polar surface area (TPSA) is 180 Å². The maximum Gasteiger partial charge on any atom is 0.409 e. The predicted molar refractivity (Wildman–Crippen MR) is 286 cm³/mol. The number of alkyl halides is 2. The van der Waals surface area contributed by atoms with Crippen molar-refractivity contribution >= 4 is 56.4 Å². The summed E-state index contributed by atoms with van der Waals surface area (Å²) in [4.78, 5) is 73.0. The second-order valence-corrected chi connectivity index (χ2v) is 22.6. The van der Waals surface area contributed by atoms with Gasteiger partial charge in [-0.25, -0.2) is 27.2 Å². The number of hydrogen-bond donors (Lipinski definition) is 2. The van der Waals surface area contributed by atoms with E-state index in [2.05, 4.69) is 48.1 Å². The van der Waals surface area contributed by atoms with Gasteiger partial charge in [0.25, 0.3) is 5.92 Å². The molecular formula is C58H62F4N10O7. The van der Waals surface area contributed by atoms with Crippen LogP contribution in [0.3, 0.4) is 0 Å². The number of halogens is 4. The quantitative estimate of drug-likeness (QED) is 0.0731. The van der Waals surface area contributed by atoms with Gasteiger partial charge < -0.3 is 29.3 Å². The molecule has 0 bridgehead atoms. The van der Waals surface area contributed by atoms with Gasteiger partial charge in [0.15, 0.2) is 5.82 Å². The summed E-state index contributed by atoms with van der Waals surface area (Å²) in [5.41, 5.74) is 1.24. The first-order valence-electron chi connectivity index (χ1n) is 27.6. The standard InChI is InChI=1S/C58H62F4N10O7/c1-3-40-43(59)8-6-37-26-39(73)28-41(48(37)40)50-49(60)51-42(29-63-50)52(70-20-5-18-58(61,62)32-70)66-54(65-51)79-33-57-17-4-21-71(57)38(12-19-57)31-78-56(77)69-24-13-34(14-25-69)30-68-22-15-35(16-23-68)36-7-9-44-46(27-36)67(2)55(76)72(44)45-10-11-47(74)64-53(45)75/h1,6-9,26-29,34-35,38,45,73H,4-5,10-25,30-33H2,2H3,(H,64,74,75)/t38-,45?,57+/m0/s1. The number of piperidine rings is 4. The average Bonchev–Trinajstić information content (AvgIpc) is 4.32. The van der Waals surface area contributed by atoms with Crippen LogP contribution in [0, 0.1) is 29.9 Å². The van der Waals surface area contributed by atoms with E-state index in [9.17, 15) is 33.1 Å². The summed E-state index contributed by atoms with van der Waals surface area (Å²) in [7, 11) is 1.72. The van der Waals surface area contributed by atoms with Gasteiger partial charge >= 0.3 is 17.8 Å². The van der Waals surface area contributed by atoms with Crippen LogP contribution in [0.1, 0.15) is 100 Å². The number of aromatic nitrogens is 5. The normalized spacial score (nSPS) is 23.4. The number of imidazole rings is 1. The highest BCUT2D eigenvalue weighted by atomic mass is 19.3. The third-order valence-electron chi connectivity index (χ3n) is 17.8. The van der Waals surface area contributed by atoms with Crippen LogP contribution in [0.2, 0.25) is 0 Å². The second kappa shape index (κ2) is 20.7. The number of likely N-dealkylation sites (tertiary alicyclic amines) is 2. The van der Waals surface area contributed by atoms with Crippen molar-refractivity contribution in [2.24, 2.45) is 13.0 Å². The van der Waals surface area contributed by atoms with Crippen LogP contribution < -0.4 is 20.6 Å².